The molecule has 1 rings (SSSR count). The molecule has 0 aliphatic rings. The van der Waals surface area contributed by atoms with Crippen molar-refractivity contribution in [1.29, 1.82) is 0 Å². The summed E-state index contributed by atoms with van der Waals surface area (Å²) in [5.41, 5.74) is 4.06. The van der Waals surface area contributed by atoms with E-state index in [9.17, 15) is 0 Å². The van der Waals surface area contributed by atoms with Crippen molar-refractivity contribution in [2.24, 2.45) is 0 Å². The van der Waals surface area contributed by atoms with Crippen LogP contribution in [0.3, 0.4) is 0 Å². The van der Waals surface area contributed by atoms with E-state index < -0.39 is 0 Å². The molecule has 0 saturated heterocycles. The van der Waals surface area contributed by atoms with Crippen molar-refractivity contribution >= 4 is 0 Å². The molecule has 1 heterocycles. The SMILES string of the molecule is CCc1nn(CC)c(C)c1C(C)C. The normalized spacial score (nSPS) is 11.2. The molecular formula is C11H20N2. The summed E-state index contributed by atoms with van der Waals surface area (Å²) in [6, 6.07) is 0. The second-order valence-corrected chi connectivity index (χ2v) is 3.77. The molecule has 0 atom stereocenters. The standard InChI is InChI=1S/C11H20N2/c1-6-10-11(8(3)4)9(5)13(7-2)12-10/h8H,6-7H2,1-5H3. The van der Waals surface area contributed by atoms with E-state index in [0.717, 1.165) is 13.0 Å². The summed E-state index contributed by atoms with van der Waals surface area (Å²) in [6.07, 6.45) is 1.04. The van der Waals surface area contributed by atoms with Gasteiger partial charge in [-0.05, 0) is 31.7 Å². The van der Waals surface area contributed by atoms with E-state index in [1.54, 1.807) is 0 Å². The fraction of sp³-hybridized carbons (Fsp3) is 0.727. The second-order valence-electron chi connectivity index (χ2n) is 3.77. The molecule has 13 heavy (non-hydrogen) atoms. The molecule has 2 nitrogen and oxygen atoms in total. The van der Waals surface area contributed by atoms with Gasteiger partial charge in [0.15, 0.2) is 0 Å². The lowest BCUT2D eigenvalue weighted by atomic mass is 10.00. The molecule has 0 N–H and O–H groups in total. The third kappa shape index (κ3) is 1.77. The van der Waals surface area contributed by atoms with Crippen molar-refractivity contribution in [3.63, 3.8) is 0 Å². The number of aryl methyl sites for hydroxylation is 2. The summed E-state index contributed by atoms with van der Waals surface area (Å²) in [4.78, 5) is 0. The van der Waals surface area contributed by atoms with Crippen LogP contribution in [0.15, 0.2) is 0 Å². The second kappa shape index (κ2) is 3.95. The predicted octanol–water partition coefficient (Wildman–Crippen LogP) is 2.90. The number of nitrogens with zero attached hydrogens (tertiary/aromatic N) is 2. The average Bonchev–Trinajstić information content (AvgIpc) is 2.41. The van der Waals surface area contributed by atoms with Crippen LogP contribution >= 0.6 is 0 Å². The summed E-state index contributed by atoms with van der Waals surface area (Å²) >= 11 is 0. The largest absolute Gasteiger partial charge is 0.270 e. The molecule has 0 amide bonds. The minimum absolute atomic E-state index is 0.593. The van der Waals surface area contributed by atoms with Crippen LogP contribution in [0.4, 0.5) is 0 Å². The van der Waals surface area contributed by atoms with Gasteiger partial charge in [0.1, 0.15) is 0 Å². The minimum atomic E-state index is 0.593. The van der Waals surface area contributed by atoms with E-state index in [-0.39, 0.29) is 0 Å². The van der Waals surface area contributed by atoms with Gasteiger partial charge >= 0.3 is 0 Å². The first-order valence-electron chi connectivity index (χ1n) is 5.17. The van der Waals surface area contributed by atoms with E-state index in [0.29, 0.717) is 5.92 Å². The number of aromatic nitrogens is 2. The van der Waals surface area contributed by atoms with Gasteiger partial charge in [0.05, 0.1) is 5.69 Å². The Morgan fingerprint density at radius 2 is 1.92 bits per heavy atom. The Morgan fingerprint density at radius 1 is 1.31 bits per heavy atom. The lowest BCUT2D eigenvalue weighted by molar-refractivity contribution is 0.629. The van der Waals surface area contributed by atoms with Crippen molar-refractivity contribution in [3.8, 4) is 0 Å². The van der Waals surface area contributed by atoms with E-state index in [2.05, 4.69) is 44.4 Å². The summed E-state index contributed by atoms with van der Waals surface area (Å²) in [6.45, 7) is 11.9. The molecule has 0 unspecified atom stereocenters. The van der Waals surface area contributed by atoms with Crippen LogP contribution in [-0.2, 0) is 13.0 Å². The monoisotopic (exact) mass is 180 g/mol. The number of hydrogen-bond acceptors (Lipinski definition) is 1. The van der Waals surface area contributed by atoms with E-state index in [4.69, 9.17) is 0 Å². The molecule has 0 bridgehead atoms. The topological polar surface area (TPSA) is 17.8 Å². The first-order chi connectivity index (χ1) is 6.11. The molecule has 1 aromatic heterocycles. The maximum absolute atomic E-state index is 4.58. The molecule has 0 aliphatic heterocycles. The Hall–Kier alpha value is -0.790. The van der Waals surface area contributed by atoms with Crippen molar-refractivity contribution < 1.29 is 0 Å². The van der Waals surface area contributed by atoms with Gasteiger partial charge in [0.2, 0.25) is 0 Å². The fourth-order valence-electron chi connectivity index (χ4n) is 1.94. The smallest absolute Gasteiger partial charge is 0.0659 e. The first kappa shape index (κ1) is 10.3. The van der Waals surface area contributed by atoms with Crippen molar-refractivity contribution in [1.82, 2.24) is 9.78 Å². The van der Waals surface area contributed by atoms with Crippen molar-refractivity contribution in [2.45, 2.75) is 53.5 Å². The highest BCUT2D eigenvalue weighted by molar-refractivity contribution is 5.28. The van der Waals surface area contributed by atoms with E-state index >= 15 is 0 Å². The van der Waals surface area contributed by atoms with Gasteiger partial charge < -0.3 is 0 Å². The van der Waals surface area contributed by atoms with Crippen LogP contribution in [0.5, 0.6) is 0 Å². The zero-order valence-electron chi connectivity index (χ0n) is 9.39. The summed E-state index contributed by atoms with van der Waals surface area (Å²) in [7, 11) is 0. The number of hydrogen-bond donors (Lipinski definition) is 0. The van der Waals surface area contributed by atoms with Gasteiger partial charge in [0, 0.05) is 12.2 Å². The molecule has 0 spiro atoms. The van der Waals surface area contributed by atoms with Gasteiger partial charge in [-0.2, -0.15) is 5.10 Å². The predicted molar refractivity (Wildman–Crippen MR) is 56.1 cm³/mol. The number of rotatable bonds is 3. The Bertz CT molecular complexity index is 285. The molecule has 1 aromatic rings. The van der Waals surface area contributed by atoms with Crippen molar-refractivity contribution in [2.75, 3.05) is 0 Å². The van der Waals surface area contributed by atoms with Gasteiger partial charge in [-0.25, -0.2) is 0 Å². The van der Waals surface area contributed by atoms with Crippen LogP contribution in [0.1, 0.15) is 50.6 Å². The van der Waals surface area contributed by atoms with Gasteiger partial charge in [-0.3, -0.25) is 4.68 Å². The van der Waals surface area contributed by atoms with Gasteiger partial charge in [-0.1, -0.05) is 20.8 Å². The molecule has 2 heteroatoms. The molecule has 0 saturated carbocycles. The van der Waals surface area contributed by atoms with Gasteiger partial charge in [0.25, 0.3) is 0 Å². The van der Waals surface area contributed by atoms with Crippen LogP contribution in [0, 0.1) is 6.92 Å². The van der Waals surface area contributed by atoms with E-state index in [1.807, 2.05) is 0 Å². The van der Waals surface area contributed by atoms with Crippen LogP contribution in [-0.4, -0.2) is 9.78 Å². The highest BCUT2D eigenvalue weighted by atomic mass is 15.3. The molecule has 74 valence electrons. The molecule has 0 fully saturated rings. The Kier molecular flexibility index (Phi) is 3.12. The molecule has 0 aromatic carbocycles. The maximum Gasteiger partial charge on any atom is 0.0659 e. The molecule has 0 aliphatic carbocycles. The molecule has 0 radical (unpaired) electrons. The van der Waals surface area contributed by atoms with Crippen molar-refractivity contribution in [3.05, 3.63) is 17.0 Å². The molecular weight excluding hydrogens is 160 g/mol. The van der Waals surface area contributed by atoms with Gasteiger partial charge in [-0.15, -0.1) is 0 Å². The summed E-state index contributed by atoms with van der Waals surface area (Å²) in [5.74, 6) is 0.593. The average molecular weight is 180 g/mol. The highest BCUT2D eigenvalue weighted by Crippen LogP contribution is 2.23. The zero-order chi connectivity index (χ0) is 10.0. The Labute approximate surface area is 81.0 Å². The summed E-state index contributed by atoms with van der Waals surface area (Å²) in [5, 5.41) is 4.58. The summed E-state index contributed by atoms with van der Waals surface area (Å²) < 4.78 is 2.11. The first-order valence-corrected chi connectivity index (χ1v) is 5.17. The minimum Gasteiger partial charge on any atom is -0.270 e. The Morgan fingerprint density at radius 3 is 2.23 bits per heavy atom. The highest BCUT2D eigenvalue weighted by Gasteiger charge is 2.14. The van der Waals surface area contributed by atoms with Crippen LogP contribution < -0.4 is 0 Å². The van der Waals surface area contributed by atoms with E-state index in [1.165, 1.54) is 17.0 Å². The zero-order valence-corrected chi connectivity index (χ0v) is 9.39. The lowest BCUT2D eigenvalue weighted by Crippen LogP contribution is -1.99. The third-order valence-corrected chi connectivity index (χ3v) is 2.54. The maximum atomic E-state index is 4.58. The fourth-order valence-corrected chi connectivity index (χ4v) is 1.94. The van der Waals surface area contributed by atoms with Crippen LogP contribution in [0.2, 0.25) is 0 Å². The quantitative estimate of drug-likeness (QED) is 0.699. The third-order valence-electron chi connectivity index (χ3n) is 2.54. The Balaban J connectivity index is 3.20. The van der Waals surface area contributed by atoms with Crippen LogP contribution in [0.25, 0.3) is 0 Å². The lowest BCUT2D eigenvalue weighted by Gasteiger charge is -2.06.